The number of ether oxygens (including phenoxy) is 1. The molecule has 2 rings (SSSR count). The van der Waals surface area contributed by atoms with Crippen molar-refractivity contribution in [3.05, 3.63) is 77.9 Å². The van der Waals surface area contributed by atoms with E-state index < -0.39 is 27.2 Å². The van der Waals surface area contributed by atoms with Crippen LogP contribution in [0.5, 0.6) is 0 Å². The van der Waals surface area contributed by atoms with Gasteiger partial charge in [-0.15, -0.1) is 0 Å². The number of carbonyl (C=O) groups excluding carboxylic acids is 1. The number of imidazole rings is 1. The summed E-state index contributed by atoms with van der Waals surface area (Å²) in [5, 5.41) is 0.506. The minimum Gasteiger partial charge on any atom is -0.469 e. The molecule has 46 heavy (non-hydrogen) atoms. The van der Waals surface area contributed by atoms with Gasteiger partial charge >= 0.3 is 5.97 Å². The average Bonchev–Trinajstić information content (AvgIpc) is 3.42. The quantitative estimate of drug-likeness (QED) is 0.0941. The average molecular weight is 681 g/mol. The van der Waals surface area contributed by atoms with Crippen molar-refractivity contribution in [2.45, 2.75) is 115 Å². The molecule has 0 aliphatic heterocycles. The maximum atomic E-state index is 13.9. The molecule has 0 spiro atoms. The van der Waals surface area contributed by atoms with Crippen molar-refractivity contribution in [1.82, 2.24) is 9.55 Å². The minimum absolute atomic E-state index is 0.00225. The number of esters is 1. The van der Waals surface area contributed by atoms with E-state index in [1.165, 1.54) is 13.2 Å². The largest absolute Gasteiger partial charge is 0.469 e. The van der Waals surface area contributed by atoms with E-state index in [-0.39, 0.29) is 29.3 Å². The Morgan fingerprint density at radius 2 is 1.76 bits per heavy atom. The van der Waals surface area contributed by atoms with Crippen LogP contribution in [0.4, 0.5) is 4.39 Å². The molecule has 0 N–H and O–H groups in total. The normalized spacial score (nSPS) is 15.8. The molecule has 7 nitrogen and oxygen atoms in total. The number of rotatable bonds is 17. The summed E-state index contributed by atoms with van der Waals surface area (Å²) in [6.07, 6.45) is 8.77. The van der Waals surface area contributed by atoms with Gasteiger partial charge in [0.25, 0.3) is 0 Å². The summed E-state index contributed by atoms with van der Waals surface area (Å²) >= 11 is 0. The molecule has 1 heterocycles. The summed E-state index contributed by atoms with van der Waals surface area (Å²) in [6.45, 7) is 19.7. The first-order chi connectivity index (χ1) is 21.7. The van der Waals surface area contributed by atoms with E-state index in [2.05, 4.69) is 45.8 Å². The van der Waals surface area contributed by atoms with Crippen molar-refractivity contribution < 1.29 is 26.5 Å². The van der Waals surface area contributed by atoms with E-state index in [1.54, 1.807) is 13.2 Å². The SMILES string of the molecule is C=C/C(F)=C\C=C(/C)c1nc(S(=O)Cc2ccccc2)n(C(C)C)c1CCCCC(CC(=O)OC)OS(C)(OC)C(C)(C)C.CC. The van der Waals surface area contributed by atoms with Crippen LogP contribution in [0.3, 0.4) is 0 Å². The van der Waals surface area contributed by atoms with Gasteiger partial charge in [0.2, 0.25) is 0 Å². The van der Waals surface area contributed by atoms with Gasteiger partial charge < -0.3 is 9.30 Å². The van der Waals surface area contributed by atoms with Gasteiger partial charge in [-0.05, 0) is 84.1 Å². The Balaban J connectivity index is 0.00000518. The third-order valence-corrected chi connectivity index (χ3v) is 12.3. The van der Waals surface area contributed by atoms with Gasteiger partial charge in [-0.1, -0.05) is 63.3 Å². The molecule has 0 bridgehead atoms. The summed E-state index contributed by atoms with van der Waals surface area (Å²) in [6, 6.07) is 9.71. The fourth-order valence-electron chi connectivity index (χ4n) is 4.64. The van der Waals surface area contributed by atoms with Crippen molar-refractivity contribution in [3.63, 3.8) is 0 Å². The second-order valence-corrected chi connectivity index (χ2v) is 16.7. The molecule has 0 fully saturated rings. The van der Waals surface area contributed by atoms with Crippen LogP contribution in [-0.2, 0) is 40.9 Å². The topological polar surface area (TPSA) is 79.7 Å². The molecule has 0 amide bonds. The van der Waals surface area contributed by atoms with Gasteiger partial charge in [0.1, 0.15) is 5.83 Å². The summed E-state index contributed by atoms with van der Waals surface area (Å²) in [5.74, 6) is -0.426. The molecule has 0 aliphatic carbocycles. The maximum absolute atomic E-state index is 13.9. The van der Waals surface area contributed by atoms with Gasteiger partial charge in [0.05, 0.1) is 53.7 Å². The second kappa shape index (κ2) is 20.0. The Morgan fingerprint density at radius 3 is 2.28 bits per heavy atom. The van der Waals surface area contributed by atoms with Crippen molar-refractivity contribution in [2.24, 2.45) is 0 Å². The number of unbranched alkanes of at least 4 members (excludes halogenated alkanes) is 1. The second-order valence-electron chi connectivity index (χ2n) is 12.0. The minimum atomic E-state index is -1.93. The zero-order valence-corrected chi connectivity index (χ0v) is 31.5. The van der Waals surface area contributed by atoms with Crippen LogP contribution in [0.25, 0.3) is 5.57 Å². The predicted molar refractivity (Wildman–Crippen MR) is 193 cm³/mol. The molecular weight excluding hydrogens is 624 g/mol. The Morgan fingerprint density at radius 1 is 1.13 bits per heavy atom. The Bertz CT molecular complexity index is 1330. The van der Waals surface area contributed by atoms with Crippen LogP contribution in [0, 0.1) is 0 Å². The highest BCUT2D eigenvalue weighted by atomic mass is 32.3. The van der Waals surface area contributed by atoms with Crippen LogP contribution in [0.1, 0.15) is 104 Å². The van der Waals surface area contributed by atoms with Crippen molar-refractivity contribution in [3.8, 4) is 0 Å². The Labute approximate surface area is 281 Å². The number of hydrogen-bond acceptors (Lipinski definition) is 6. The number of halogens is 1. The van der Waals surface area contributed by atoms with Crippen LogP contribution >= 0.6 is 10.6 Å². The fourth-order valence-corrected chi connectivity index (χ4v) is 7.55. The number of carbonyl (C=O) groups is 1. The first kappa shape index (κ1) is 41.5. The predicted octanol–water partition coefficient (Wildman–Crippen LogP) is 9.61. The molecule has 3 atom stereocenters. The maximum Gasteiger partial charge on any atom is 0.308 e. The Hall–Kier alpha value is -2.53. The molecule has 10 heteroatoms. The number of allylic oxidation sites excluding steroid dienone is 5. The van der Waals surface area contributed by atoms with Gasteiger partial charge in [0, 0.05) is 18.0 Å². The van der Waals surface area contributed by atoms with Crippen molar-refractivity contribution in [2.75, 3.05) is 20.5 Å². The number of methoxy groups -OCH3 is 1. The number of aromatic nitrogens is 2. The zero-order valence-electron chi connectivity index (χ0n) is 29.9. The molecular formula is C36H57FN2O5S2. The molecule has 0 radical (unpaired) electrons. The van der Waals surface area contributed by atoms with E-state index in [0.717, 1.165) is 35.7 Å². The standard InChI is InChI=1S/C34H51FN2O5S2.C2H6/c1-11-28(35)22-21-26(4)32-30(37(25(2)3)33(36-32)43(39)24-27-17-13-12-14-18-27)20-16-15-19-29(23-31(38)40-8)42-44(10,41-9)34(5,6)7;1-2/h11-14,17-18,21-22,25,29H,1,15-16,19-20,23-24H2,2-10H3;1-2H3/b26-21+,28-22+;. The van der Waals surface area contributed by atoms with Crippen LogP contribution in [0.15, 0.2) is 66.1 Å². The molecule has 0 aliphatic rings. The number of hydrogen-bond donors (Lipinski definition) is 0. The first-order valence-corrected chi connectivity index (χ1v) is 19.2. The van der Waals surface area contributed by atoms with E-state index in [1.807, 2.05) is 57.4 Å². The van der Waals surface area contributed by atoms with Gasteiger partial charge in [-0.2, -0.15) is 10.6 Å². The molecule has 3 unspecified atom stereocenters. The lowest BCUT2D eigenvalue weighted by molar-refractivity contribution is -0.142. The van der Waals surface area contributed by atoms with Crippen LogP contribution in [0.2, 0.25) is 0 Å². The highest BCUT2D eigenvalue weighted by Crippen LogP contribution is 2.58. The summed E-state index contributed by atoms with van der Waals surface area (Å²) in [7, 11) is -0.291. The highest BCUT2D eigenvalue weighted by molar-refractivity contribution is 8.26. The molecule has 2 aromatic rings. The van der Waals surface area contributed by atoms with Crippen LogP contribution < -0.4 is 0 Å². The lowest BCUT2D eigenvalue weighted by Gasteiger charge is -2.50. The molecule has 1 aromatic carbocycles. The van der Waals surface area contributed by atoms with Crippen LogP contribution in [-0.4, -0.2) is 51.1 Å². The summed E-state index contributed by atoms with van der Waals surface area (Å²) in [5.41, 5.74) is 3.39. The molecule has 260 valence electrons. The summed E-state index contributed by atoms with van der Waals surface area (Å²) in [4.78, 5) is 17.2. The molecule has 0 saturated heterocycles. The van der Waals surface area contributed by atoms with Gasteiger partial charge in [-0.3, -0.25) is 17.4 Å². The number of benzene rings is 1. The van der Waals surface area contributed by atoms with Crippen molar-refractivity contribution in [1.29, 1.82) is 0 Å². The third-order valence-electron chi connectivity index (χ3n) is 7.46. The molecule has 1 aromatic heterocycles. The number of nitrogens with zero attached hydrogens (tertiary/aromatic N) is 2. The Kier molecular flexibility index (Phi) is 18.0. The smallest absolute Gasteiger partial charge is 0.308 e. The third kappa shape index (κ3) is 12.2. The van der Waals surface area contributed by atoms with E-state index >= 15 is 0 Å². The zero-order chi connectivity index (χ0) is 35.1. The van der Waals surface area contributed by atoms with E-state index in [4.69, 9.17) is 18.1 Å². The monoisotopic (exact) mass is 680 g/mol. The highest BCUT2D eigenvalue weighted by Gasteiger charge is 2.34. The van der Waals surface area contributed by atoms with E-state index in [0.29, 0.717) is 29.4 Å². The lowest BCUT2D eigenvalue weighted by atomic mass is 10.0. The lowest BCUT2D eigenvalue weighted by Crippen LogP contribution is -2.32. The van der Waals surface area contributed by atoms with Gasteiger partial charge in [-0.25, -0.2) is 9.37 Å². The summed E-state index contributed by atoms with van der Waals surface area (Å²) < 4.78 is 46.7. The molecule has 0 saturated carbocycles. The fraction of sp³-hybridized carbons (Fsp3) is 0.556. The van der Waals surface area contributed by atoms with Gasteiger partial charge in [0.15, 0.2) is 5.16 Å². The van der Waals surface area contributed by atoms with E-state index in [9.17, 15) is 13.4 Å². The first-order valence-electron chi connectivity index (χ1n) is 16.0. The van der Waals surface area contributed by atoms with Crippen molar-refractivity contribution >= 4 is 32.9 Å².